The highest BCUT2D eigenvalue weighted by Crippen LogP contribution is 2.34. The van der Waals surface area contributed by atoms with E-state index in [4.69, 9.17) is 15.3 Å². The number of hydrazine groups is 1. The van der Waals surface area contributed by atoms with Crippen LogP contribution < -0.4 is 16.0 Å². The monoisotopic (exact) mass is 256 g/mol. The predicted octanol–water partition coefficient (Wildman–Crippen LogP) is 2.15. The predicted molar refractivity (Wildman–Crippen MR) is 68.7 cm³/mol. The quantitative estimate of drug-likeness (QED) is 0.605. The molecule has 5 heteroatoms. The van der Waals surface area contributed by atoms with E-state index in [1.807, 2.05) is 20.8 Å². The van der Waals surface area contributed by atoms with E-state index in [0.29, 0.717) is 17.9 Å². The van der Waals surface area contributed by atoms with Gasteiger partial charge >= 0.3 is 0 Å². The van der Waals surface area contributed by atoms with Crippen LogP contribution in [0.5, 0.6) is 5.75 Å². The number of halogens is 1. The van der Waals surface area contributed by atoms with E-state index in [-0.39, 0.29) is 11.9 Å². The smallest absolute Gasteiger partial charge is 0.124 e. The lowest BCUT2D eigenvalue weighted by Gasteiger charge is -2.34. The molecule has 1 aromatic carbocycles. The lowest BCUT2D eigenvalue weighted by atomic mass is 9.91. The Balaban J connectivity index is 3.19. The molecule has 18 heavy (non-hydrogen) atoms. The second-order valence-electron chi connectivity index (χ2n) is 4.52. The first-order valence-corrected chi connectivity index (χ1v) is 5.89. The van der Waals surface area contributed by atoms with Gasteiger partial charge in [0.1, 0.15) is 11.6 Å². The molecule has 0 amide bonds. The molecule has 0 aromatic heterocycles. The molecule has 0 aliphatic heterocycles. The first kappa shape index (κ1) is 14.9. The Morgan fingerprint density at radius 2 is 2.11 bits per heavy atom. The molecule has 4 nitrogen and oxygen atoms in total. The molecule has 1 atom stereocenters. The maximum atomic E-state index is 13.4. The van der Waals surface area contributed by atoms with Gasteiger partial charge in [-0.3, -0.25) is 5.84 Å². The van der Waals surface area contributed by atoms with Crippen molar-refractivity contribution in [2.75, 3.05) is 13.7 Å². The lowest BCUT2D eigenvalue weighted by molar-refractivity contribution is -0.0397. The van der Waals surface area contributed by atoms with Gasteiger partial charge in [0, 0.05) is 12.2 Å². The van der Waals surface area contributed by atoms with Crippen molar-refractivity contribution in [3.63, 3.8) is 0 Å². The summed E-state index contributed by atoms with van der Waals surface area (Å²) in [4.78, 5) is 0. The largest absolute Gasteiger partial charge is 0.496 e. The minimum atomic E-state index is -0.579. The summed E-state index contributed by atoms with van der Waals surface area (Å²) in [5.41, 5.74) is 2.73. The van der Waals surface area contributed by atoms with Crippen molar-refractivity contribution >= 4 is 0 Å². The lowest BCUT2D eigenvalue weighted by Crippen LogP contribution is -2.44. The molecule has 1 unspecified atom stereocenters. The molecule has 0 aliphatic rings. The number of ether oxygens (including phenoxy) is 2. The third-order valence-electron chi connectivity index (χ3n) is 2.88. The average Bonchev–Trinajstić information content (AvgIpc) is 2.29. The maximum absolute atomic E-state index is 13.4. The Kier molecular flexibility index (Phi) is 5.07. The molecule has 0 heterocycles. The number of hydrogen-bond donors (Lipinski definition) is 2. The fourth-order valence-electron chi connectivity index (χ4n) is 2.05. The van der Waals surface area contributed by atoms with E-state index in [1.165, 1.54) is 19.2 Å². The third-order valence-corrected chi connectivity index (χ3v) is 2.88. The van der Waals surface area contributed by atoms with Crippen LogP contribution >= 0.6 is 0 Å². The van der Waals surface area contributed by atoms with Gasteiger partial charge in [-0.25, -0.2) is 9.82 Å². The van der Waals surface area contributed by atoms with Gasteiger partial charge in [0.15, 0.2) is 0 Å². The van der Waals surface area contributed by atoms with E-state index in [0.717, 1.165) is 0 Å². The number of hydrogen-bond acceptors (Lipinski definition) is 4. The molecule has 0 saturated carbocycles. The summed E-state index contributed by atoms with van der Waals surface area (Å²) in [6, 6.07) is 3.97. The van der Waals surface area contributed by atoms with Crippen LogP contribution in [0, 0.1) is 5.82 Å². The molecule has 1 aromatic rings. The van der Waals surface area contributed by atoms with Crippen LogP contribution in [0.25, 0.3) is 0 Å². The van der Waals surface area contributed by atoms with Crippen molar-refractivity contribution in [3.8, 4) is 5.75 Å². The summed E-state index contributed by atoms with van der Waals surface area (Å²) in [6.45, 7) is 6.23. The van der Waals surface area contributed by atoms with Crippen LogP contribution in [-0.4, -0.2) is 19.3 Å². The maximum Gasteiger partial charge on any atom is 0.124 e. The Morgan fingerprint density at radius 1 is 1.44 bits per heavy atom. The van der Waals surface area contributed by atoms with Crippen LogP contribution in [0.4, 0.5) is 4.39 Å². The first-order valence-electron chi connectivity index (χ1n) is 5.89. The van der Waals surface area contributed by atoms with Crippen molar-refractivity contribution in [2.24, 2.45) is 5.84 Å². The van der Waals surface area contributed by atoms with E-state index in [1.54, 1.807) is 6.07 Å². The Labute approximate surface area is 107 Å². The van der Waals surface area contributed by atoms with Crippen LogP contribution in [0.1, 0.15) is 32.4 Å². The number of rotatable bonds is 6. The molecule has 0 fully saturated rings. The molecule has 0 bridgehead atoms. The van der Waals surface area contributed by atoms with Crippen molar-refractivity contribution < 1.29 is 13.9 Å². The molecular weight excluding hydrogens is 235 g/mol. The molecule has 0 radical (unpaired) electrons. The number of benzene rings is 1. The van der Waals surface area contributed by atoms with E-state index < -0.39 is 5.60 Å². The number of nitrogens with one attached hydrogen (secondary N) is 1. The van der Waals surface area contributed by atoms with Gasteiger partial charge in [-0.2, -0.15) is 0 Å². The highest BCUT2D eigenvalue weighted by molar-refractivity contribution is 5.37. The number of methoxy groups -OCH3 is 1. The highest BCUT2D eigenvalue weighted by atomic mass is 19.1. The van der Waals surface area contributed by atoms with Gasteiger partial charge in [-0.05, 0) is 39.0 Å². The zero-order valence-electron chi connectivity index (χ0n) is 11.3. The van der Waals surface area contributed by atoms with Gasteiger partial charge in [-0.1, -0.05) is 0 Å². The Morgan fingerprint density at radius 3 is 2.61 bits per heavy atom. The van der Waals surface area contributed by atoms with Gasteiger partial charge in [0.05, 0.1) is 18.8 Å². The first-order chi connectivity index (χ1) is 8.46. The minimum Gasteiger partial charge on any atom is -0.496 e. The number of nitrogens with two attached hydrogens (primary N) is 1. The Hall–Kier alpha value is -1.17. The highest BCUT2D eigenvalue weighted by Gasteiger charge is 2.33. The SMILES string of the molecule is CCOC(C)(C)C(NN)c1cc(F)ccc1OC. The average molecular weight is 256 g/mol. The molecule has 3 N–H and O–H groups in total. The molecule has 0 aliphatic carbocycles. The zero-order chi connectivity index (χ0) is 13.8. The van der Waals surface area contributed by atoms with Crippen molar-refractivity contribution in [2.45, 2.75) is 32.4 Å². The summed E-state index contributed by atoms with van der Waals surface area (Å²) in [5.74, 6) is 5.83. The van der Waals surface area contributed by atoms with Crippen LogP contribution in [0.2, 0.25) is 0 Å². The van der Waals surface area contributed by atoms with Crippen LogP contribution in [-0.2, 0) is 4.74 Å². The summed E-state index contributed by atoms with van der Waals surface area (Å²) >= 11 is 0. The molecule has 1 rings (SSSR count). The van der Waals surface area contributed by atoms with E-state index in [9.17, 15) is 4.39 Å². The van der Waals surface area contributed by atoms with Gasteiger partial charge < -0.3 is 9.47 Å². The minimum absolute atomic E-state index is 0.335. The standard InChI is InChI=1S/C13H21FN2O2/c1-5-18-13(2,3)12(16-15)10-8-9(14)6-7-11(10)17-4/h6-8,12,16H,5,15H2,1-4H3. The van der Waals surface area contributed by atoms with Crippen LogP contribution in [0.3, 0.4) is 0 Å². The summed E-state index contributed by atoms with van der Waals surface area (Å²) in [5, 5.41) is 0. The molecule has 102 valence electrons. The third kappa shape index (κ3) is 3.19. The molecule has 0 spiro atoms. The summed E-state index contributed by atoms with van der Waals surface area (Å²) < 4.78 is 24.3. The van der Waals surface area contributed by atoms with Crippen molar-refractivity contribution in [1.29, 1.82) is 0 Å². The molecular formula is C13H21FN2O2. The zero-order valence-corrected chi connectivity index (χ0v) is 11.3. The van der Waals surface area contributed by atoms with Gasteiger partial charge in [0.2, 0.25) is 0 Å². The second-order valence-corrected chi connectivity index (χ2v) is 4.52. The van der Waals surface area contributed by atoms with Crippen LogP contribution in [0.15, 0.2) is 18.2 Å². The molecule has 0 saturated heterocycles. The summed E-state index contributed by atoms with van der Waals surface area (Å²) in [7, 11) is 1.54. The summed E-state index contributed by atoms with van der Waals surface area (Å²) in [6.07, 6.45) is 0. The van der Waals surface area contributed by atoms with Crippen molar-refractivity contribution in [3.05, 3.63) is 29.6 Å². The normalized spacial score (nSPS) is 13.4. The fourth-order valence-corrected chi connectivity index (χ4v) is 2.05. The van der Waals surface area contributed by atoms with E-state index in [2.05, 4.69) is 5.43 Å². The fraction of sp³-hybridized carbons (Fsp3) is 0.538. The van der Waals surface area contributed by atoms with Gasteiger partial charge in [-0.15, -0.1) is 0 Å². The van der Waals surface area contributed by atoms with Gasteiger partial charge in [0.25, 0.3) is 0 Å². The topological polar surface area (TPSA) is 56.5 Å². The van der Waals surface area contributed by atoms with E-state index >= 15 is 0 Å². The Bertz CT molecular complexity index is 397. The van der Waals surface area contributed by atoms with Crippen molar-refractivity contribution in [1.82, 2.24) is 5.43 Å². The second kappa shape index (κ2) is 6.13.